The van der Waals surface area contributed by atoms with Gasteiger partial charge in [-0.05, 0) is 53.3 Å². The number of ether oxygens (including phenoxy) is 3. The van der Waals surface area contributed by atoms with Gasteiger partial charge in [-0.15, -0.1) is 0 Å². The Balaban J connectivity index is 2.86. The van der Waals surface area contributed by atoms with Gasteiger partial charge in [-0.2, -0.15) is 0 Å². The zero-order valence-electron chi connectivity index (χ0n) is 18.3. The summed E-state index contributed by atoms with van der Waals surface area (Å²) in [4.78, 5) is 14.6. The van der Waals surface area contributed by atoms with Crippen LogP contribution in [0.15, 0.2) is 48.1 Å². The molecule has 1 heterocycles. The summed E-state index contributed by atoms with van der Waals surface area (Å²) in [5.74, 6) is -0.384. The van der Waals surface area contributed by atoms with E-state index in [1.54, 1.807) is 6.08 Å². The van der Waals surface area contributed by atoms with Crippen molar-refractivity contribution in [3.63, 3.8) is 0 Å². The minimum absolute atomic E-state index is 0.0433. The van der Waals surface area contributed by atoms with E-state index >= 15 is 0 Å². The summed E-state index contributed by atoms with van der Waals surface area (Å²) in [5, 5.41) is 0. The number of likely N-dealkylation sites (N-methyl/N-ethyl adjacent to an activating group) is 1. The first-order valence-corrected chi connectivity index (χ1v) is 10.1. The van der Waals surface area contributed by atoms with Crippen LogP contribution < -0.4 is 0 Å². The van der Waals surface area contributed by atoms with E-state index in [0.717, 1.165) is 30.4 Å². The van der Waals surface area contributed by atoms with Crippen LogP contribution in [-0.2, 0) is 19.0 Å². The fourth-order valence-corrected chi connectivity index (χ4v) is 2.96. The highest BCUT2D eigenvalue weighted by atomic mass is 16.7. The topological polar surface area (TPSA) is 48.0 Å². The summed E-state index contributed by atoms with van der Waals surface area (Å²) in [7, 11) is 3.98. The molecule has 0 bridgehead atoms. The molecule has 0 N–H and O–H groups in total. The van der Waals surface area contributed by atoms with Gasteiger partial charge in [0, 0.05) is 12.7 Å². The van der Waals surface area contributed by atoms with Crippen molar-refractivity contribution < 1.29 is 19.0 Å². The molecule has 28 heavy (non-hydrogen) atoms. The summed E-state index contributed by atoms with van der Waals surface area (Å²) in [5.41, 5.74) is 1.87. The first kappa shape index (κ1) is 24.3. The molecule has 0 spiro atoms. The lowest BCUT2D eigenvalue weighted by atomic mass is 9.99. The van der Waals surface area contributed by atoms with Gasteiger partial charge in [-0.3, -0.25) is 0 Å². The molecule has 1 aliphatic rings. The second-order valence-corrected chi connectivity index (χ2v) is 7.57. The van der Waals surface area contributed by atoms with Crippen molar-refractivity contribution in [2.45, 2.75) is 71.5 Å². The van der Waals surface area contributed by atoms with E-state index in [1.165, 1.54) is 6.08 Å². The summed E-state index contributed by atoms with van der Waals surface area (Å²) in [6, 6.07) is 0.0433. The van der Waals surface area contributed by atoms with E-state index in [9.17, 15) is 4.79 Å². The Kier molecular flexibility index (Phi) is 11.0. The van der Waals surface area contributed by atoms with Crippen LogP contribution in [0.4, 0.5) is 0 Å². The number of allylic oxidation sites excluding steroid dienone is 6. The van der Waals surface area contributed by atoms with Crippen molar-refractivity contribution in [3.05, 3.63) is 48.1 Å². The number of esters is 1. The van der Waals surface area contributed by atoms with Crippen molar-refractivity contribution >= 4 is 5.97 Å². The molecule has 1 saturated heterocycles. The number of rotatable bonds is 10. The highest BCUT2D eigenvalue weighted by Gasteiger charge is 2.41. The zero-order valence-corrected chi connectivity index (χ0v) is 18.3. The van der Waals surface area contributed by atoms with E-state index in [2.05, 4.69) is 18.4 Å². The average Bonchev–Trinajstić information content (AvgIpc) is 2.63. The third-order valence-corrected chi connectivity index (χ3v) is 4.67. The molecule has 0 aliphatic carbocycles. The average molecular weight is 392 g/mol. The van der Waals surface area contributed by atoms with Gasteiger partial charge >= 0.3 is 5.97 Å². The first-order chi connectivity index (χ1) is 13.3. The highest BCUT2D eigenvalue weighted by Crippen LogP contribution is 2.27. The summed E-state index contributed by atoms with van der Waals surface area (Å²) >= 11 is 0. The molecule has 0 radical (unpaired) electrons. The Morgan fingerprint density at radius 3 is 2.61 bits per heavy atom. The molecule has 158 valence electrons. The van der Waals surface area contributed by atoms with Gasteiger partial charge in [0.25, 0.3) is 0 Å². The Labute approximate surface area is 170 Å². The summed E-state index contributed by atoms with van der Waals surface area (Å²) in [6.45, 7) is 12.3. The molecule has 5 nitrogen and oxygen atoms in total. The first-order valence-electron chi connectivity index (χ1n) is 10.1. The van der Waals surface area contributed by atoms with Crippen molar-refractivity contribution in [3.8, 4) is 0 Å². The van der Waals surface area contributed by atoms with Gasteiger partial charge < -0.3 is 19.1 Å². The second kappa shape index (κ2) is 12.7. The number of unbranched alkanes of at least 4 members (excludes halogenated alkanes) is 1. The number of hydrogen-bond donors (Lipinski definition) is 0. The minimum Gasteiger partial charge on any atom is -0.452 e. The molecule has 0 saturated carbocycles. The lowest BCUT2D eigenvalue weighted by Gasteiger charge is -2.42. The molecule has 4 unspecified atom stereocenters. The van der Waals surface area contributed by atoms with Crippen LogP contribution >= 0.6 is 0 Å². The van der Waals surface area contributed by atoms with Crippen LogP contribution in [-0.4, -0.2) is 56.1 Å². The number of nitrogens with zero attached hydrogens (tertiary/aromatic N) is 1. The summed E-state index contributed by atoms with van der Waals surface area (Å²) in [6.07, 6.45) is 10.8. The second-order valence-electron chi connectivity index (χ2n) is 7.57. The SMILES string of the molecule is C=CC(C)=CC=CC(C)=CC(=O)OC1C(OCCCC)OC(C)CC1N(C)C. The molecule has 1 fully saturated rings. The monoisotopic (exact) mass is 391 g/mol. The van der Waals surface area contributed by atoms with Crippen LogP contribution in [0.1, 0.15) is 47.0 Å². The predicted octanol–water partition coefficient (Wildman–Crippen LogP) is 4.41. The molecular formula is C23H37NO4. The van der Waals surface area contributed by atoms with E-state index in [1.807, 2.05) is 53.1 Å². The van der Waals surface area contributed by atoms with E-state index in [4.69, 9.17) is 14.2 Å². The van der Waals surface area contributed by atoms with Crippen LogP contribution in [0.25, 0.3) is 0 Å². The maximum Gasteiger partial charge on any atom is 0.331 e. The number of hydrogen-bond acceptors (Lipinski definition) is 5. The smallest absolute Gasteiger partial charge is 0.331 e. The molecule has 1 rings (SSSR count). The van der Waals surface area contributed by atoms with Crippen molar-refractivity contribution in [2.75, 3.05) is 20.7 Å². The minimum atomic E-state index is -0.547. The van der Waals surface area contributed by atoms with Gasteiger partial charge in [0.15, 0.2) is 12.4 Å². The fraction of sp³-hybridized carbons (Fsp3) is 0.609. The molecule has 0 aromatic rings. The number of carbonyl (C=O) groups is 1. The van der Waals surface area contributed by atoms with Gasteiger partial charge in [-0.1, -0.05) is 49.8 Å². The van der Waals surface area contributed by atoms with Crippen LogP contribution in [0.5, 0.6) is 0 Å². The standard InChI is InChI=1S/C23H37NO4/c1-8-10-14-26-23-22(20(24(6)7)16-19(5)27-23)28-21(25)15-18(4)13-11-12-17(3)9-2/h9,11-13,15,19-20,22-23H,2,8,10,14,16H2,1,3-7H3. The largest absolute Gasteiger partial charge is 0.452 e. The Bertz CT molecular complexity index is 591. The molecule has 5 heteroatoms. The van der Waals surface area contributed by atoms with Crippen molar-refractivity contribution in [1.82, 2.24) is 4.90 Å². The van der Waals surface area contributed by atoms with Crippen molar-refractivity contribution in [2.24, 2.45) is 0 Å². The Morgan fingerprint density at radius 2 is 2.00 bits per heavy atom. The normalized spacial score (nSPS) is 26.7. The van der Waals surface area contributed by atoms with E-state index < -0.39 is 12.4 Å². The van der Waals surface area contributed by atoms with Gasteiger partial charge in [0.2, 0.25) is 0 Å². The molecule has 1 aliphatic heterocycles. The molecule has 0 aromatic heterocycles. The van der Waals surface area contributed by atoms with E-state index in [-0.39, 0.29) is 18.1 Å². The summed E-state index contributed by atoms with van der Waals surface area (Å²) < 4.78 is 17.7. The third-order valence-electron chi connectivity index (χ3n) is 4.67. The lowest BCUT2D eigenvalue weighted by Crippen LogP contribution is -2.55. The highest BCUT2D eigenvalue weighted by molar-refractivity contribution is 5.83. The van der Waals surface area contributed by atoms with Crippen LogP contribution in [0, 0.1) is 0 Å². The zero-order chi connectivity index (χ0) is 21.1. The third kappa shape index (κ3) is 8.55. The molecular weight excluding hydrogens is 354 g/mol. The van der Waals surface area contributed by atoms with Gasteiger partial charge in [-0.25, -0.2) is 4.79 Å². The van der Waals surface area contributed by atoms with Gasteiger partial charge in [0.1, 0.15) is 0 Å². The maximum atomic E-state index is 12.5. The quantitative estimate of drug-likeness (QED) is 0.239. The van der Waals surface area contributed by atoms with E-state index in [0.29, 0.717) is 6.61 Å². The predicted molar refractivity (Wildman–Crippen MR) is 114 cm³/mol. The fourth-order valence-electron chi connectivity index (χ4n) is 2.96. The molecule has 4 atom stereocenters. The maximum absolute atomic E-state index is 12.5. The Hall–Kier alpha value is -1.69. The lowest BCUT2D eigenvalue weighted by molar-refractivity contribution is -0.258. The Morgan fingerprint density at radius 1 is 1.29 bits per heavy atom. The van der Waals surface area contributed by atoms with Crippen molar-refractivity contribution in [1.29, 1.82) is 0 Å². The van der Waals surface area contributed by atoms with Crippen LogP contribution in [0.2, 0.25) is 0 Å². The molecule has 0 aromatic carbocycles. The molecule has 0 amide bonds. The number of carbonyl (C=O) groups excluding carboxylic acids is 1. The van der Waals surface area contributed by atoms with Crippen LogP contribution in [0.3, 0.4) is 0 Å². The van der Waals surface area contributed by atoms with Gasteiger partial charge in [0.05, 0.1) is 12.1 Å².